The first-order chi connectivity index (χ1) is 14.2. The number of esters is 1. The van der Waals surface area contributed by atoms with Crippen molar-refractivity contribution in [3.63, 3.8) is 0 Å². The summed E-state index contributed by atoms with van der Waals surface area (Å²) in [6, 6.07) is 24.8. The smallest absolute Gasteiger partial charge is 0.329 e. The Balaban J connectivity index is 1.70. The lowest BCUT2D eigenvalue weighted by Gasteiger charge is -2.18. The number of hydrogen-bond donors (Lipinski definition) is 1. The average molecular weight is 389 g/mol. The second-order valence-corrected chi connectivity index (χ2v) is 6.54. The summed E-state index contributed by atoms with van der Waals surface area (Å²) in [5, 5.41) is 2.80. The molecule has 0 spiro atoms. The van der Waals surface area contributed by atoms with E-state index in [1.165, 1.54) is 0 Å². The largest absolute Gasteiger partial charge is 0.497 e. The lowest BCUT2D eigenvalue weighted by Crippen LogP contribution is -2.43. The zero-order valence-electron chi connectivity index (χ0n) is 16.2. The first kappa shape index (κ1) is 20.1. The standard InChI is InChI=1S/C24H23NO4/c1-28-21-14-8-11-19(15-21)17-29-24(27)22(16-18-9-4-2-5-10-18)25-23(26)20-12-6-3-7-13-20/h2-15,22H,16-17H2,1H3,(H,25,26). The molecule has 29 heavy (non-hydrogen) atoms. The number of carbonyl (C=O) groups excluding carboxylic acids is 2. The quantitative estimate of drug-likeness (QED) is 0.596. The van der Waals surface area contributed by atoms with Gasteiger partial charge in [0, 0.05) is 12.0 Å². The minimum absolute atomic E-state index is 0.0997. The van der Waals surface area contributed by atoms with Crippen LogP contribution in [0.25, 0.3) is 0 Å². The van der Waals surface area contributed by atoms with Gasteiger partial charge in [0.15, 0.2) is 0 Å². The molecule has 0 saturated heterocycles. The van der Waals surface area contributed by atoms with Crippen LogP contribution in [0.2, 0.25) is 0 Å². The van der Waals surface area contributed by atoms with Gasteiger partial charge in [0.1, 0.15) is 18.4 Å². The summed E-state index contributed by atoms with van der Waals surface area (Å²) in [7, 11) is 1.58. The maximum atomic E-state index is 12.8. The van der Waals surface area contributed by atoms with Gasteiger partial charge in [-0.1, -0.05) is 60.7 Å². The summed E-state index contributed by atoms with van der Waals surface area (Å²) in [6.07, 6.45) is 0.344. The first-order valence-corrected chi connectivity index (χ1v) is 9.35. The summed E-state index contributed by atoms with van der Waals surface area (Å²) < 4.78 is 10.7. The molecule has 0 fully saturated rings. The van der Waals surface area contributed by atoms with Crippen molar-refractivity contribution >= 4 is 11.9 Å². The van der Waals surface area contributed by atoms with Gasteiger partial charge in [-0.25, -0.2) is 4.79 Å². The van der Waals surface area contributed by atoms with Crippen LogP contribution in [-0.2, 0) is 22.6 Å². The highest BCUT2D eigenvalue weighted by Gasteiger charge is 2.23. The summed E-state index contributed by atoms with van der Waals surface area (Å²) in [5.41, 5.74) is 2.24. The van der Waals surface area contributed by atoms with E-state index in [4.69, 9.17) is 9.47 Å². The van der Waals surface area contributed by atoms with Crippen molar-refractivity contribution in [3.8, 4) is 5.75 Å². The number of rotatable bonds is 8. The molecule has 1 atom stereocenters. The molecule has 1 amide bonds. The second-order valence-electron chi connectivity index (χ2n) is 6.54. The predicted octanol–water partition coefficient (Wildman–Crippen LogP) is 3.78. The van der Waals surface area contributed by atoms with Gasteiger partial charge in [-0.05, 0) is 35.4 Å². The zero-order chi connectivity index (χ0) is 20.5. The van der Waals surface area contributed by atoms with E-state index in [2.05, 4.69) is 5.32 Å². The van der Waals surface area contributed by atoms with Gasteiger partial charge in [-0.2, -0.15) is 0 Å². The molecule has 0 radical (unpaired) electrons. The summed E-state index contributed by atoms with van der Waals surface area (Å²) in [5.74, 6) is -0.109. The molecular formula is C24H23NO4. The maximum absolute atomic E-state index is 12.8. The number of ether oxygens (including phenoxy) is 2. The fraction of sp³-hybridized carbons (Fsp3) is 0.167. The fourth-order valence-electron chi connectivity index (χ4n) is 2.89. The van der Waals surface area contributed by atoms with Gasteiger partial charge >= 0.3 is 5.97 Å². The van der Waals surface area contributed by atoms with Crippen LogP contribution in [-0.4, -0.2) is 25.0 Å². The highest BCUT2D eigenvalue weighted by atomic mass is 16.5. The molecule has 5 heteroatoms. The van der Waals surface area contributed by atoms with Crippen LogP contribution in [0.15, 0.2) is 84.9 Å². The SMILES string of the molecule is COc1cccc(COC(=O)C(Cc2ccccc2)NC(=O)c2ccccc2)c1. The number of benzene rings is 3. The minimum atomic E-state index is -0.796. The van der Waals surface area contributed by atoms with Crippen molar-refractivity contribution in [3.05, 3.63) is 102 Å². The van der Waals surface area contributed by atoms with E-state index in [0.717, 1.165) is 11.1 Å². The van der Waals surface area contributed by atoms with Crippen molar-refractivity contribution < 1.29 is 19.1 Å². The van der Waals surface area contributed by atoms with Crippen molar-refractivity contribution in [2.75, 3.05) is 7.11 Å². The Morgan fingerprint density at radius 1 is 0.862 bits per heavy atom. The lowest BCUT2D eigenvalue weighted by molar-refractivity contribution is -0.147. The van der Waals surface area contributed by atoms with Gasteiger partial charge < -0.3 is 14.8 Å². The number of hydrogen-bond acceptors (Lipinski definition) is 4. The molecule has 0 aliphatic heterocycles. The van der Waals surface area contributed by atoms with Crippen LogP contribution in [0.3, 0.4) is 0 Å². The Morgan fingerprint density at radius 2 is 1.52 bits per heavy atom. The molecule has 3 aromatic carbocycles. The molecule has 0 bridgehead atoms. The number of methoxy groups -OCH3 is 1. The second kappa shape index (κ2) is 10.1. The van der Waals surface area contributed by atoms with Crippen LogP contribution in [0, 0.1) is 0 Å². The van der Waals surface area contributed by atoms with Gasteiger partial charge in [-0.15, -0.1) is 0 Å². The molecule has 1 unspecified atom stereocenters. The Labute approximate surface area is 170 Å². The van der Waals surface area contributed by atoms with E-state index in [-0.39, 0.29) is 12.5 Å². The normalized spacial score (nSPS) is 11.3. The molecule has 3 rings (SSSR count). The van der Waals surface area contributed by atoms with Crippen LogP contribution >= 0.6 is 0 Å². The molecule has 0 saturated carbocycles. The van der Waals surface area contributed by atoms with E-state index >= 15 is 0 Å². The molecule has 1 N–H and O–H groups in total. The zero-order valence-corrected chi connectivity index (χ0v) is 16.2. The summed E-state index contributed by atoms with van der Waals surface area (Å²) in [4.78, 5) is 25.3. The van der Waals surface area contributed by atoms with E-state index in [1.807, 2.05) is 60.7 Å². The maximum Gasteiger partial charge on any atom is 0.329 e. The molecule has 0 heterocycles. The molecule has 0 aliphatic rings. The third kappa shape index (κ3) is 5.94. The van der Waals surface area contributed by atoms with Crippen LogP contribution < -0.4 is 10.1 Å². The molecular weight excluding hydrogens is 366 g/mol. The van der Waals surface area contributed by atoms with E-state index in [1.54, 1.807) is 31.4 Å². The molecule has 5 nitrogen and oxygen atoms in total. The van der Waals surface area contributed by atoms with Gasteiger partial charge in [0.05, 0.1) is 7.11 Å². The van der Waals surface area contributed by atoms with E-state index < -0.39 is 12.0 Å². The number of amides is 1. The lowest BCUT2D eigenvalue weighted by atomic mass is 10.1. The van der Waals surface area contributed by atoms with Crippen molar-refractivity contribution in [1.29, 1.82) is 0 Å². The van der Waals surface area contributed by atoms with Gasteiger partial charge in [-0.3, -0.25) is 4.79 Å². The number of nitrogens with one attached hydrogen (secondary N) is 1. The topological polar surface area (TPSA) is 64.6 Å². The molecule has 3 aromatic rings. The van der Waals surface area contributed by atoms with E-state index in [9.17, 15) is 9.59 Å². The Kier molecular flexibility index (Phi) is 7.00. The van der Waals surface area contributed by atoms with E-state index in [0.29, 0.717) is 17.7 Å². The van der Waals surface area contributed by atoms with Gasteiger partial charge in [0.25, 0.3) is 5.91 Å². The van der Waals surface area contributed by atoms with Crippen LogP contribution in [0.4, 0.5) is 0 Å². The minimum Gasteiger partial charge on any atom is -0.497 e. The van der Waals surface area contributed by atoms with Crippen molar-refractivity contribution in [2.24, 2.45) is 0 Å². The van der Waals surface area contributed by atoms with Crippen LogP contribution in [0.1, 0.15) is 21.5 Å². The first-order valence-electron chi connectivity index (χ1n) is 9.35. The highest BCUT2D eigenvalue weighted by molar-refractivity contribution is 5.96. The highest BCUT2D eigenvalue weighted by Crippen LogP contribution is 2.14. The third-order valence-corrected chi connectivity index (χ3v) is 4.42. The summed E-state index contributed by atoms with van der Waals surface area (Å²) in [6.45, 7) is 0.0997. The Bertz CT molecular complexity index is 941. The molecule has 148 valence electrons. The monoisotopic (exact) mass is 389 g/mol. The van der Waals surface area contributed by atoms with Crippen LogP contribution in [0.5, 0.6) is 5.75 Å². The van der Waals surface area contributed by atoms with Crippen molar-refractivity contribution in [1.82, 2.24) is 5.32 Å². The summed E-state index contributed by atoms with van der Waals surface area (Å²) >= 11 is 0. The van der Waals surface area contributed by atoms with Crippen molar-refractivity contribution in [2.45, 2.75) is 19.1 Å². The number of carbonyl (C=O) groups is 2. The Hall–Kier alpha value is -3.60. The average Bonchev–Trinajstić information content (AvgIpc) is 2.78. The Morgan fingerprint density at radius 3 is 2.21 bits per heavy atom. The third-order valence-electron chi connectivity index (χ3n) is 4.42. The predicted molar refractivity (Wildman–Crippen MR) is 111 cm³/mol. The van der Waals surface area contributed by atoms with Gasteiger partial charge in [0.2, 0.25) is 0 Å². The molecule has 0 aliphatic carbocycles. The molecule has 0 aromatic heterocycles. The fourth-order valence-corrected chi connectivity index (χ4v) is 2.89.